The van der Waals surface area contributed by atoms with Crippen LogP contribution in [0.25, 0.3) is 5.78 Å². The van der Waals surface area contributed by atoms with E-state index in [9.17, 15) is 4.79 Å². The molecule has 0 aliphatic heterocycles. The Hall–Kier alpha value is -3.16. The minimum absolute atomic E-state index is 0.0620. The number of amides is 1. The maximum atomic E-state index is 12.4. The number of nitrogens with zero attached hydrogens (tertiary/aromatic N) is 4. The number of benzene rings is 1. The topological polar surface area (TPSA) is 107 Å². The Morgan fingerprint density at radius 1 is 1.17 bits per heavy atom. The van der Waals surface area contributed by atoms with Gasteiger partial charge >= 0.3 is 0 Å². The van der Waals surface area contributed by atoms with Gasteiger partial charge in [-0.2, -0.15) is 9.50 Å². The van der Waals surface area contributed by atoms with E-state index in [2.05, 4.69) is 47.2 Å². The molecule has 1 aromatic carbocycles. The zero-order chi connectivity index (χ0) is 21.1. The molecule has 154 valence electrons. The molecular formula is C21H28N6O2. The third kappa shape index (κ3) is 4.64. The van der Waals surface area contributed by atoms with Crippen molar-refractivity contribution in [3.8, 4) is 5.75 Å². The fraction of sp³-hybridized carbons (Fsp3) is 0.429. The van der Waals surface area contributed by atoms with Crippen LogP contribution >= 0.6 is 0 Å². The first kappa shape index (κ1) is 20.6. The number of carbonyl (C=O) groups excluding carboxylic acids is 1. The summed E-state index contributed by atoms with van der Waals surface area (Å²) in [7, 11) is 0. The van der Waals surface area contributed by atoms with Gasteiger partial charge in [0.1, 0.15) is 5.75 Å². The summed E-state index contributed by atoms with van der Waals surface area (Å²) < 4.78 is 7.47. The Kier molecular flexibility index (Phi) is 6.00. The first-order valence-electron chi connectivity index (χ1n) is 9.72. The van der Waals surface area contributed by atoms with Gasteiger partial charge in [-0.3, -0.25) is 4.79 Å². The average molecular weight is 396 g/mol. The second-order valence-corrected chi connectivity index (χ2v) is 7.38. The molecule has 0 radical (unpaired) electrons. The second-order valence-electron chi connectivity index (χ2n) is 7.38. The summed E-state index contributed by atoms with van der Waals surface area (Å²) >= 11 is 0. The summed E-state index contributed by atoms with van der Waals surface area (Å²) in [4.78, 5) is 20.8. The number of nitrogens with one attached hydrogen (secondary N) is 1. The van der Waals surface area contributed by atoms with Crippen molar-refractivity contribution in [2.45, 2.75) is 47.5 Å². The number of hydrogen-bond acceptors (Lipinski definition) is 6. The molecule has 0 saturated carbocycles. The number of ether oxygens (including phenoxy) is 1. The second kappa shape index (κ2) is 8.46. The third-order valence-electron chi connectivity index (χ3n) is 5.07. The van der Waals surface area contributed by atoms with Crippen LogP contribution in [-0.4, -0.2) is 38.6 Å². The summed E-state index contributed by atoms with van der Waals surface area (Å²) in [5.41, 5.74) is 11.6. The van der Waals surface area contributed by atoms with Gasteiger partial charge in [-0.1, -0.05) is 6.07 Å². The number of anilines is 1. The smallest absolute Gasteiger partial charge is 0.254 e. The van der Waals surface area contributed by atoms with E-state index in [0.29, 0.717) is 18.9 Å². The molecule has 2 heterocycles. The van der Waals surface area contributed by atoms with Crippen LogP contribution in [-0.2, 0) is 11.2 Å². The Morgan fingerprint density at radius 2 is 1.93 bits per heavy atom. The highest BCUT2D eigenvalue weighted by Crippen LogP contribution is 2.23. The van der Waals surface area contributed by atoms with Gasteiger partial charge in [0.25, 0.3) is 5.78 Å². The van der Waals surface area contributed by atoms with Gasteiger partial charge in [0.2, 0.25) is 11.9 Å². The molecule has 2 aromatic heterocycles. The molecular weight excluding hydrogens is 368 g/mol. The monoisotopic (exact) mass is 396 g/mol. The van der Waals surface area contributed by atoms with Gasteiger partial charge in [-0.05, 0) is 63.8 Å². The van der Waals surface area contributed by atoms with E-state index < -0.39 is 0 Å². The summed E-state index contributed by atoms with van der Waals surface area (Å²) in [5, 5.41) is 7.07. The minimum Gasteiger partial charge on any atom is -0.493 e. The highest BCUT2D eigenvalue weighted by molar-refractivity contribution is 5.79. The van der Waals surface area contributed by atoms with Crippen molar-refractivity contribution in [1.82, 2.24) is 24.9 Å². The molecule has 0 fully saturated rings. The Morgan fingerprint density at radius 3 is 2.69 bits per heavy atom. The van der Waals surface area contributed by atoms with Crippen molar-refractivity contribution >= 4 is 17.6 Å². The fourth-order valence-corrected chi connectivity index (χ4v) is 3.34. The van der Waals surface area contributed by atoms with E-state index in [1.807, 2.05) is 19.9 Å². The summed E-state index contributed by atoms with van der Waals surface area (Å²) in [6.45, 7) is 11.0. The molecule has 0 aliphatic rings. The zero-order valence-corrected chi connectivity index (χ0v) is 17.7. The number of nitrogens with two attached hydrogens (primary N) is 1. The lowest BCUT2D eigenvalue weighted by Gasteiger charge is -2.13. The van der Waals surface area contributed by atoms with E-state index >= 15 is 0 Å². The maximum absolute atomic E-state index is 12.4. The lowest BCUT2D eigenvalue weighted by Crippen LogP contribution is -2.28. The predicted octanol–water partition coefficient (Wildman–Crippen LogP) is 2.38. The molecule has 8 heteroatoms. The zero-order valence-electron chi connectivity index (χ0n) is 17.7. The lowest BCUT2D eigenvalue weighted by atomic mass is 10.1. The molecule has 3 rings (SSSR count). The SMILES string of the molecule is Cc1cc(C)c(C)c(OCCCNC(=O)Cc2c(C)nc3nc(N)nn3c2C)c1. The van der Waals surface area contributed by atoms with Gasteiger partial charge < -0.3 is 15.8 Å². The standard InChI is InChI=1S/C21H28N6O2/c1-12-9-13(2)14(3)18(10-12)29-8-6-7-23-19(28)11-17-15(4)24-21-25-20(22)26-27(21)16(17)5/h9-10H,6-8,11H2,1-5H3,(H2,22,26)(H,23,28). The molecule has 29 heavy (non-hydrogen) atoms. The van der Waals surface area contributed by atoms with Gasteiger partial charge in [0.05, 0.1) is 13.0 Å². The molecule has 0 aliphatic carbocycles. The fourth-order valence-electron chi connectivity index (χ4n) is 3.34. The Labute approximate surface area is 170 Å². The molecule has 3 N–H and O–H groups in total. The molecule has 0 bridgehead atoms. The number of fused-ring (bicyclic) bond motifs is 1. The van der Waals surface area contributed by atoms with Crippen LogP contribution in [0.5, 0.6) is 5.75 Å². The lowest BCUT2D eigenvalue weighted by molar-refractivity contribution is -0.120. The van der Waals surface area contributed by atoms with Gasteiger partial charge in [-0.15, -0.1) is 5.10 Å². The van der Waals surface area contributed by atoms with E-state index in [1.54, 1.807) is 4.52 Å². The normalized spacial score (nSPS) is 11.1. The highest BCUT2D eigenvalue weighted by Gasteiger charge is 2.15. The highest BCUT2D eigenvalue weighted by atomic mass is 16.5. The van der Waals surface area contributed by atoms with Crippen molar-refractivity contribution in [1.29, 1.82) is 0 Å². The van der Waals surface area contributed by atoms with Crippen LogP contribution in [0.4, 0.5) is 5.95 Å². The van der Waals surface area contributed by atoms with E-state index in [4.69, 9.17) is 10.5 Å². The molecule has 0 spiro atoms. The van der Waals surface area contributed by atoms with Crippen LogP contribution in [0.15, 0.2) is 12.1 Å². The van der Waals surface area contributed by atoms with Crippen LogP contribution in [0, 0.1) is 34.6 Å². The molecule has 3 aromatic rings. The van der Waals surface area contributed by atoms with Crippen molar-refractivity contribution in [3.63, 3.8) is 0 Å². The van der Waals surface area contributed by atoms with E-state index in [-0.39, 0.29) is 18.3 Å². The van der Waals surface area contributed by atoms with Crippen molar-refractivity contribution in [2.24, 2.45) is 0 Å². The number of hydrogen-bond donors (Lipinski definition) is 2. The number of carbonyl (C=O) groups is 1. The third-order valence-corrected chi connectivity index (χ3v) is 5.07. The van der Waals surface area contributed by atoms with Crippen molar-refractivity contribution in [2.75, 3.05) is 18.9 Å². The Balaban J connectivity index is 1.51. The first-order valence-corrected chi connectivity index (χ1v) is 9.72. The summed E-state index contributed by atoms with van der Waals surface area (Å²) in [6.07, 6.45) is 0.963. The quantitative estimate of drug-likeness (QED) is 0.594. The number of aryl methyl sites for hydroxylation is 4. The number of aromatic nitrogens is 4. The van der Waals surface area contributed by atoms with E-state index in [0.717, 1.165) is 34.7 Å². The molecule has 8 nitrogen and oxygen atoms in total. The first-order chi connectivity index (χ1) is 13.8. The van der Waals surface area contributed by atoms with Crippen LogP contribution in [0.1, 0.15) is 40.1 Å². The molecule has 0 unspecified atom stereocenters. The summed E-state index contributed by atoms with van der Waals surface area (Å²) in [5.74, 6) is 1.46. The van der Waals surface area contributed by atoms with Gasteiger partial charge in [0, 0.05) is 23.5 Å². The number of rotatable bonds is 7. The maximum Gasteiger partial charge on any atom is 0.254 e. The number of nitrogen functional groups attached to an aromatic ring is 1. The average Bonchev–Trinajstić information content (AvgIpc) is 3.02. The van der Waals surface area contributed by atoms with Crippen LogP contribution in [0.3, 0.4) is 0 Å². The predicted molar refractivity (Wildman–Crippen MR) is 112 cm³/mol. The minimum atomic E-state index is -0.0620. The van der Waals surface area contributed by atoms with Crippen molar-refractivity contribution in [3.05, 3.63) is 45.8 Å². The van der Waals surface area contributed by atoms with Crippen molar-refractivity contribution < 1.29 is 9.53 Å². The Bertz CT molecular complexity index is 1060. The molecule has 1 amide bonds. The molecule has 0 atom stereocenters. The van der Waals surface area contributed by atoms with Crippen LogP contribution < -0.4 is 15.8 Å². The summed E-state index contributed by atoms with van der Waals surface area (Å²) in [6, 6.07) is 4.19. The van der Waals surface area contributed by atoms with Gasteiger partial charge in [0.15, 0.2) is 0 Å². The molecule has 0 saturated heterocycles. The van der Waals surface area contributed by atoms with E-state index in [1.165, 1.54) is 11.1 Å². The largest absolute Gasteiger partial charge is 0.493 e. The van der Waals surface area contributed by atoms with Crippen LogP contribution in [0.2, 0.25) is 0 Å². The van der Waals surface area contributed by atoms with Gasteiger partial charge in [-0.25, -0.2) is 4.98 Å².